The maximum Gasteiger partial charge on any atom is 0.346 e. The van der Waals surface area contributed by atoms with Gasteiger partial charge in [-0.15, -0.1) is 11.3 Å². The lowest BCUT2D eigenvalue weighted by Gasteiger charge is -2.06. The van der Waals surface area contributed by atoms with Crippen molar-refractivity contribution < 1.29 is 19.4 Å². The van der Waals surface area contributed by atoms with E-state index < -0.39 is 5.97 Å². The molecule has 0 fully saturated rings. The van der Waals surface area contributed by atoms with E-state index in [0.717, 1.165) is 5.75 Å². The summed E-state index contributed by atoms with van der Waals surface area (Å²) < 4.78 is 10.6. The average Bonchev–Trinajstić information content (AvgIpc) is 2.85. The van der Waals surface area contributed by atoms with Crippen molar-refractivity contribution in [2.45, 2.75) is 6.61 Å². The van der Waals surface area contributed by atoms with E-state index in [2.05, 4.69) is 0 Å². The van der Waals surface area contributed by atoms with Gasteiger partial charge in [-0.25, -0.2) is 4.79 Å². The zero-order chi connectivity index (χ0) is 13.0. The Morgan fingerprint density at radius 3 is 2.50 bits per heavy atom. The SMILES string of the molecule is COc1ccc(OCc2ccsc2C(=O)O)cc1. The number of benzene rings is 1. The number of carbonyl (C=O) groups is 1. The quantitative estimate of drug-likeness (QED) is 0.901. The Labute approximate surface area is 108 Å². The van der Waals surface area contributed by atoms with Crippen molar-refractivity contribution >= 4 is 17.3 Å². The second kappa shape index (κ2) is 5.55. The Hall–Kier alpha value is -2.01. The largest absolute Gasteiger partial charge is 0.497 e. The molecular formula is C13H12O4S. The van der Waals surface area contributed by atoms with E-state index in [0.29, 0.717) is 16.2 Å². The first kappa shape index (κ1) is 12.4. The molecule has 1 aromatic carbocycles. The number of hydrogen-bond donors (Lipinski definition) is 1. The van der Waals surface area contributed by atoms with Crippen molar-refractivity contribution in [2.24, 2.45) is 0 Å². The second-order valence-corrected chi connectivity index (χ2v) is 4.46. The Bertz CT molecular complexity index is 530. The highest BCUT2D eigenvalue weighted by atomic mass is 32.1. The highest BCUT2D eigenvalue weighted by molar-refractivity contribution is 7.12. The van der Waals surface area contributed by atoms with Gasteiger partial charge in [0.1, 0.15) is 23.0 Å². The van der Waals surface area contributed by atoms with Crippen LogP contribution in [0.15, 0.2) is 35.7 Å². The summed E-state index contributed by atoms with van der Waals surface area (Å²) >= 11 is 1.20. The summed E-state index contributed by atoms with van der Waals surface area (Å²) in [5, 5.41) is 10.7. The molecule has 1 heterocycles. The van der Waals surface area contributed by atoms with Crippen molar-refractivity contribution in [1.29, 1.82) is 0 Å². The molecule has 1 N–H and O–H groups in total. The van der Waals surface area contributed by atoms with Gasteiger partial charge in [-0.1, -0.05) is 0 Å². The molecule has 2 aromatic rings. The molecule has 2 rings (SSSR count). The van der Waals surface area contributed by atoms with Crippen LogP contribution in [0.1, 0.15) is 15.2 Å². The Morgan fingerprint density at radius 2 is 1.89 bits per heavy atom. The van der Waals surface area contributed by atoms with Crippen LogP contribution in [-0.4, -0.2) is 18.2 Å². The fraction of sp³-hybridized carbons (Fsp3) is 0.154. The van der Waals surface area contributed by atoms with Crippen LogP contribution in [0.2, 0.25) is 0 Å². The van der Waals surface area contributed by atoms with Crippen LogP contribution < -0.4 is 9.47 Å². The normalized spacial score (nSPS) is 10.1. The van der Waals surface area contributed by atoms with Gasteiger partial charge in [-0.2, -0.15) is 0 Å². The summed E-state index contributed by atoms with van der Waals surface area (Å²) in [7, 11) is 1.60. The van der Waals surface area contributed by atoms with Crippen LogP contribution >= 0.6 is 11.3 Å². The third-order valence-corrected chi connectivity index (χ3v) is 3.34. The zero-order valence-electron chi connectivity index (χ0n) is 9.75. The third-order valence-electron chi connectivity index (χ3n) is 2.39. The summed E-state index contributed by atoms with van der Waals surface area (Å²) in [5.41, 5.74) is 0.684. The number of hydrogen-bond acceptors (Lipinski definition) is 4. The summed E-state index contributed by atoms with van der Waals surface area (Å²) in [5.74, 6) is 0.515. The number of rotatable bonds is 5. The molecule has 0 saturated heterocycles. The number of carboxylic acid groups (broad SMARTS) is 1. The molecule has 0 spiro atoms. The Balaban J connectivity index is 2.02. The Kier molecular flexibility index (Phi) is 3.84. The van der Waals surface area contributed by atoms with E-state index in [-0.39, 0.29) is 6.61 Å². The number of aromatic carboxylic acids is 1. The lowest BCUT2D eigenvalue weighted by molar-refractivity contribution is 0.0699. The van der Waals surface area contributed by atoms with Gasteiger partial charge in [0.15, 0.2) is 0 Å². The van der Waals surface area contributed by atoms with Crippen molar-refractivity contribution in [2.75, 3.05) is 7.11 Å². The average molecular weight is 264 g/mol. The van der Waals surface area contributed by atoms with Crippen LogP contribution in [0, 0.1) is 0 Å². The smallest absolute Gasteiger partial charge is 0.346 e. The molecule has 0 aliphatic carbocycles. The van der Waals surface area contributed by atoms with E-state index in [1.54, 1.807) is 42.8 Å². The fourth-order valence-electron chi connectivity index (χ4n) is 1.47. The summed E-state index contributed by atoms with van der Waals surface area (Å²) in [4.78, 5) is 11.2. The molecule has 5 heteroatoms. The van der Waals surface area contributed by atoms with Gasteiger partial charge in [0.2, 0.25) is 0 Å². The van der Waals surface area contributed by atoms with Crippen LogP contribution in [-0.2, 0) is 6.61 Å². The van der Waals surface area contributed by atoms with E-state index >= 15 is 0 Å². The first-order valence-corrected chi connectivity index (χ1v) is 6.15. The molecule has 0 saturated carbocycles. The maximum atomic E-state index is 10.9. The van der Waals surface area contributed by atoms with Gasteiger partial charge in [0, 0.05) is 5.56 Å². The number of thiophene rings is 1. The highest BCUT2D eigenvalue weighted by Gasteiger charge is 2.11. The number of methoxy groups -OCH3 is 1. The summed E-state index contributed by atoms with van der Waals surface area (Å²) in [6, 6.07) is 8.91. The van der Waals surface area contributed by atoms with E-state index in [9.17, 15) is 4.79 Å². The maximum absolute atomic E-state index is 10.9. The van der Waals surface area contributed by atoms with E-state index in [4.69, 9.17) is 14.6 Å². The fourth-order valence-corrected chi connectivity index (χ4v) is 2.22. The molecular weight excluding hydrogens is 252 g/mol. The molecule has 0 aliphatic heterocycles. The molecule has 0 radical (unpaired) electrons. The molecule has 94 valence electrons. The van der Waals surface area contributed by atoms with Crippen molar-refractivity contribution in [3.63, 3.8) is 0 Å². The molecule has 1 aromatic heterocycles. The molecule has 0 bridgehead atoms. The first-order chi connectivity index (χ1) is 8.70. The van der Waals surface area contributed by atoms with Gasteiger partial charge in [-0.05, 0) is 35.7 Å². The van der Waals surface area contributed by atoms with Crippen LogP contribution in [0.3, 0.4) is 0 Å². The molecule has 0 aliphatic rings. The lowest BCUT2D eigenvalue weighted by Crippen LogP contribution is -2.01. The predicted molar refractivity (Wildman–Crippen MR) is 68.6 cm³/mol. The third kappa shape index (κ3) is 2.81. The van der Waals surface area contributed by atoms with Gasteiger partial charge in [0.05, 0.1) is 7.11 Å². The second-order valence-electron chi connectivity index (χ2n) is 3.54. The topological polar surface area (TPSA) is 55.8 Å². The molecule has 0 unspecified atom stereocenters. The summed E-state index contributed by atoms with van der Waals surface area (Å²) in [6.07, 6.45) is 0. The zero-order valence-corrected chi connectivity index (χ0v) is 10.6. The van der Waals surface area contributed by atoms with E-state index in [1.807, 2.05) is 0 Å². The molecule has 18 heavy (non-hydrogen) atoms. The highest BCUT2D eigenvalue weighted by Crippen LogP contribution is 2.21. The lowest BCUT2D eigenvalue weighted by atomic mass is 10.2. The Morgan fingerprint density at radius 1 is 1.22 bits per heavy atom. The van der Waals surface area contributed by atoms with Gasteiger partial charge >= 0.3 is 5.97 Å². The standard InChI is InChI=1S/C13H12O4S/c1-16-10-2-4-11(5-3-10)17-8-9-6-7-18-12(9)13(14)15/h2-7H,8H2,1H3,(H,14,15). The predicted octanol–water partition coefficient (Wildman–Crippen LogP) is 3.03. The van der Waals surface area contributed by atoms with Gasteiger partial charge < -0.3 is 14.6 Å². The summed E-state index contributed by atoms with van der Waals surface area (Å²) in [6.45, 7) is 0.247. The molecule has 0 atom stereocenters. The molecule has 0 amide bonds. The van der Waals surface area contributed by atoms with Crippen LogP contribution in [0.4, 0.5) is 0 Å². The number of carboxylic acids is 1. The minimum absolute atomic E-state index is 0.247. The van der Waals surface area contributed by atoms with Crippen LogP contribution in [0.5, 0.6) is 11.5 Å². The van der Waals surface area contributed by atoms with Crippen molar-refractivity contribution in [1.82, 2.24) is 0 Å². The van der Waals surface area contributed by atoms with Crippen molar-refractivity contribution in [3.8, 4) is 11.5 Å². The van der Waals surface area contributed by atoms with Gasteiger partial charge in [-0.3, -0.25) is 0 Å². The minimum atomic E-state index is -0.918. The monoisotopic (exact) mass is 264 g/mol. The van der Waals surface area contributed by atoms with Crippen LogP contribution in [0.25, 0.3) is 0 Å². The minimum Gasteiger partial charge on any atom is -0.497 e. The first-order valence-electron chi connectivity index (χ1n) is 5.27. The van der Waals surface area contributed by atoms with E-state index in [1.165, 1.54) is 11.3 Å². The number of ether oxygens (including phenoxy) is 2. The van der Waals surface area contributed by atoms with Gasteiger partial charge in [0.25, 0.3) is 0 Å². The van der Waals surface area contributed by atoms with Crippen molar-refractivity contribution in [3.05, 3.63) is 46.2 Å². The molecule has 4 nitrogen and oxygen atoms in total.